The number of nitrogens with zero attached hydrogens (tertiary/aromatic N) is 2. The van der Waals surface area contributed by atoms with Crippen LogP contribution in [0.2, 0.25) is 0 Å². The molecule has 0 aromatic rings. The van der Waals surface area contributed by atoms with E-state index in [4.69, 9.17) is 0 Å². The van der Waals surface area contributed by atoms with Crippen LogP contribution in [0.15, 0.2) is 0 Å². The molecule has 0 aromatic heterocycles. The molecule has 1 saturated carbocycles. The van der Waals surface area contributed by atoms with Crippen LogP contribution in [0.1, 0.15) is 12.8 Å². The normalized spacial score (nSPS) is 29.2. The monoisotopic (exact) mass is 259 g/mol. The Hall–Kier alpha value is -0.170. The fraction of sp³-hybridized carbons (Fsp3) is 1.00. The molecule has 17 heavy (non-hydrogen) atoms. The van der Waals surface area contributed by atoms with E-state index >= 15 is 0 Å². The second-order valence-electron chi connectivity index (χ2n) is 5.48. The molecule has 3 aliphatic rings. The number of hydrogen-bond donors (Lipinski definition) is 1. The molecule has 2 aliphatic heterocycles. The number of rotatable bonds is 4. The average molecular weight is 259 g/mol. The van der Waals surface area contributed by atoms with E-state index in [1.165, 1.54) is 0 Å². The van der Waals surface area contributed by atoms with Crippen molar-refractivity contribution in [2.45, 2.75) is 18.9 Å². The highest BCUT2D eigenvalue weighted by Crippen LogP contribution is 2.32. The lowest BCUT2D eigenvalue weighted by Crippen LogP contribution is -2.64. The van der Waals surface area contributed by atoms with Crippen LogP contribution in [-0.4, -0.2) is 68.7 Å². The summed E-state index contributed by atoms with van der Waals surface area (Å²) in [5, 5.41) is 3.32. The number of hydrogen-bond acceptors (Lipinski definition) is 4. The highest BCUT2D eigenvalue weighted by molar-refractivity contribution is 7.89. The molecule has 0 spiro atoms. The van der Waals surface area contributed by atoms with Crippen molar-refractivity contribution in [1.82, 2.24) is 14.5 Å². The lowest BCUT2D eigenvalue weighted by molar-refractivity contribution is 0.0773. The van der Waals surface area contributed by atoms with Gasteiger partial charge >= 0.3 is 0 Å². The molecule has 2 heterocycles. The third-order valence-corrected chi connectivity index (χ3v) is 6.01. The SMILES string of the molecule is O=S(=O)(CC1CC1)N1CC(N2CCNCC2)C1. The van der Waals surface area contributed by atoms with Gasteiger partial charge in [-0.1, -0.05) is 0 Å². The van der Waals surface area contributed by atoms with E-state index in [-0.39, 0.29) is 0 Å². The van der Waals surface area contributed by atoms with Crippen LogP contribution in [0.5, 0.6) is 0 Å². The molecule has 3 rings (SSSR count). The van der Waals surface area contributed by atoms with Gasteiger partial charge in [0.1, 0.15) is 0 Å². The van der Waals surface area contributed by atoms with Crippen molar-refractivity contribution >= 4 is 10.0 Å². The van der Waals surface area contributed by atoms with E-state index in [1.807, 2.05) is 0 Å². The molecular weight excluding hydrogens is 238 g/mol. The minimum atomic E-state index is -2.94. The van der Waals surface area contributed by atoms with Crippen molar-refractivity contribution in [3.8, 4) is 0 Å². The maximum Gasteiger partial charge on any atom is 0.214 e. The third kappa shape index (κ3) is 2.65. The lowest BCUT2D eigenvalue weighted by Gasteiger charge is -2.45. The molecule has 1 aliphatic carbocycles. The molecule has 0 atom stereocenters. The van der Waals surface area contributed by atoms with E-state index in [1.54, 1.807) is 4.31 Å². The second kappa shape index (κ2) is 4.50. The van der Waals surface area contributed by atoms with E-state index in [2.05, 4.69) is 10.2 Å². The Morgan fingerprint density at radius 1 is 1.12 bits per heavy atom. The van der Waals surface area contributed by atoms with Crippen LogP contribution < -0.4 is 5.32 Å². The number of piperazine rings is 1. The summed E-state index contributed by atoms with van der Waals surface area (Å²) >= 11 is 0. The quantitative estimate of drug-likeness (QED) is 0.726. The molecule has 2 saturated heterocycles. The predicted molar refractivity (Wildman–Crippen MR) is 66.3 cm³/mol. The zero-order valence-electron chi connectivity index (χ0n) is 10.1. The maximum atomic E-state index is 12.0. The Morgan fingerprint density at radius 2 is 1.76 bits per heavy atom. The summed E-state index contributed by atoms with van der Waals surface area (Å²) in [6.07, 6.45) is 2.21. The largest absolute Gasteiger partial charge is 0.314 e. The first-order valence-corrected chi connectivity index (χ1v) is 8.19. The van der Waals surface area contributed by atoms with Gasteiger partial charge in [0.05, 0.1) is 5.75 Å². The lowest BCUT2D eigenvalue weighted by atomic mass is 10.1. The Morgan fingerprint density at radius 3 is 2.35 bits per heavy atom. The average Bonchev–Trinajstić information content (AvgIpc) is 2.99. The first kappa shape index (κ1) is 11.9. The number of nitrogens with one attached hydrogen (secondary N) is 1. The molecule has 98 valence electrons. The van der Waals surface area contributed by atoms with Gasteiger partial charge in [-0.25, -0.2) is 8.42 Å². The van der Waals surface area contributed by atoms with E-state index in [9.17, 15) is 8.42 Å². The molecule has 0 radical (unpaired) electrons. The van der Waals surface area contributed by atoms with Crippen molar-refractivity contribution in [1.29, 1.82) is 0 Å². The molecule has 0 bridgehead atoms. The van der Waals surface area contributed by atoms with E-state index in [0.29, 0.717) is 17.7 Å². The predicted octanol–water partition coefficient (Wildman–Crippen LogP) is -0.684. The van der Waals surface area contributed by atoms with Gasteiger partial charge in [0.2, 0.25) is 10.0 Å². The van der Waals surface area contributed by atoms with Crippen molar-refractivity contribution in [3.05, 3.63) is 0 Å². The van der Waals surface area contributed by atoms with Crippen LogP contribution in [0, 0.1) is 5.92 Å². The summed E-state index contributed by atoms with van der Waals surface area (Å²) in [7, 11) is -2.94. The smallest absolute Gasteiger partial charge is 0.214 e. The van der Waals surface area contributed by atoms with Crippen LogP contribution in [0.25, 0.3) is 0 Å². The summed E-state index contributed by atoms with van der Waals surface area (Å²) < 4.78 is 25.7. The summed E-state index contributed by atoms with van der Waals surface area (Å²) in [4.78, 5) is 2.42. The first-order chi connectivity index (χ1) is 8.15. The van der Waals surface area contributed by atoms with Crippen molar-refractivity contribution < 1.29 is 8.42 Å². The Kier molecular flexibility index (Phi) is 3.15. The van der Waals surface area contributed by atoms with Crippen molar-refractivity contribution in [3.63, 3.8) is 0 Å². The van der Waals surface area contributed by atoms with Crippen LogP contribution in [0.4, 0.5) is 0 Å². The summed E-state index contributed by atoms with van der Waals surface area (Å²) in [6, 6.07) is 0.464. The fourth-order valence-electron chi connectivity index (χ4n) is 2.61. The fourth-order valence-corrected chi connectivity index (χ4v) is 4.55. The van der Waals surface area contributed by atoms with Gasteiger partial charge in [-0.05, 0) is 18.8 Å². The Bertz CT molecular complexity index is 368. The minimum absolute atomic E-state index is 0.390. The molecule has 3 fully saturated rings. The zero-order valence-corrected chi connectivity index (χ0v) is 11.0. The third-order valence-electron chi connectivity index (χ3n) is 4.03. The summed E-state index contributed by atoms with van der Waals surface area (Å²) in [5.74, 6) is 0.847. The number of sulfonamides is 1. The van der Waals surface area contributed by atoms with Crippen molar-refractivity contribution in [2.24, 2.45) is 5.92 Å². The van der Waals surface area contributed by atoms with Crippen LogP contribution in [0.3, 0.4) is 0 Å². The van der Waals surface area contributed by atoms with Gasteiger partial charge in [0.15, 0.2) is 0 Å². The van der Waals surface area contributed by atoms with Gasteiger partial charge in [0, 0.05) is 45.3 Å². The van der Waals surface area contributed by atoms with Gasteiger partial charge in [-0.3, -0.25) is 4.90 Å². The van der Waals surface area contributed by atoms with Gasteiger partial charge in [-0.2, -0.15) is 4.31 Å². The molecule has 1 N–H and O–H groups in total. The van der Waals surface area contributed by atoms with E-state index in [0.717, 1.165) is 52.1 Å². The first-order valence-electron chi connectivity index (χ1n) is 6.58. The molecule has 0 amide bonds. The summed E-state index contributed by atoms with van der Waals surface area (Å²) in [5.41, 5.74) is 0. The highest BCUT2D eigenvalue weighted by Gasteiger charge is 2.41. The molecular formula is C11H21N3O2S. The standard InChI is InChI=1S/C11H21N3O2S/c15-17(16,9-10-1-2-10)14-7-11(8-14)13-5-3-12-4-6-13/h10-12H,1-9H2. The van der Waals surface area contributed by atoms with Gasteiger partial charge in [-0.15, -0.1) is 0 Å². The topological polar surface area (TPSA) is 52.7 Å². The molecule has 0 unspecified atom stereocenters. The molecule has 6 heteroatoms. The molecule has 0 aromatic carbocycles. The van der Waals surface area contributed by atoms with E-state index < -0.39 is 10.0 Å². The summed E-state index contributed by atoms with van der Waals surface area (Å²) in [6.45, 7) is 5.61. The van der Waals surface area contributed by atoms with Crippen molar-refractivity contribution in [2.75, 3.05) is 45.0 Å². The zero-order chi connectivity index (χ0) is 11.9. The van der Waals surface area contributed by atoms with Gasteiger partial charge in [0.25, 0.3) is 0 Å². The highest BCUT2D eigenvalue weighted by atomic mass is 32.2. The van der Waals surface area contributed by atoms with Crippen LogP contribution in [-0.2, 0) is 10.0 Å². The Balaban J connectivity index is 1.49. The second-order valence-corrected chi connectivity index (χ2v) is 7.49. The minimum Gasteiger partial charge on any atom is -0.314 e. The van der Waals surface area contributed by atoms with Gasteiger partial charge < -0.3 is 5.32 Å². The Labute approximate surface area is 103 Å². The molecule has 5 nitrogen and oxygen atoms in total. The van der Waals surface area contributed by atoms with Crippen LogP contribution >= 0.6 is 0 Å². The maximum absolute atomic E-state index is 12.0.